The summed E-state index contributed by atoms with van der Waals surface area (Å²) in [5.41, 5.74) is -1.89. The van der Waals surface area contributed by atoms with Gasteiger partial charge in [-0.05, 0) is 96.8 Å². The second kappa shape index (κ2) is 6.69. The average molecular weight is 433 g/mol. The zero-order chi connectivity index (χ0) is 22.3. The van der Waals surface area contributed by atoms with E-state index >= 15 is 0 Å². The molecule has 0 aromatic rings. The number of ether oxygens (including phenoxy) is 1. The molecule has 2 amide bonds. The number of hydrogen-bond donors (Lipinski definition) is 2. The molecule has 4 unspecified atom stereocenters. The molecule has 31 heavy (non-hydrogen) atoms. The van der Waals surface area contributed by atoms with Gasteiger partial charge in [0.25, 0.3) is 0 Å². The van der Waals surface area contributed by atoms with Gasteiger partial charge in [-0.15, -0.1) is 0 Å². The average Bonchev–Trinajstić information content (AvgIpc) is 3.25. The first kappa shape index (κ1) is 21.2. The number of Topliss-reactive ketones (excluding diaryl/α,β-unsaturated/α-hetero) is 1. The Bertz CT molecular complexity index is 803. The minimum Gasteiger partial charge on any atom is -0.444 e. The molecule has 1 saturated heterocycles. The van der Waals surface area contributed by atoms with E-state index < -0.39 is 34.8 Å². The number of nitrogens with zero attached hydrogens (tertiary/aromatic N) is 1. The van der Waals surface area contributed by atoms with Crippen LogP contribution in [0.15, 0.2) is 0 Å². The molecule has 0 aromatic carbocycles. The van der Waals surface area contributed by atoms with Crippen LogP contribution in [0.3, 0.4) is 0 Å². The topological polar surface area (TPSA) is 95.9 Å². The molecular weight excluding hydrogens is 396 g/mol. The Labute approximate surface area is 184 Å². The van der Waals surface area contributed by atoms with E-state index in [4.69, 9.17) is 4.74 Å². The number of likely N-dealkylation sites (tertiary alicyclic amines) is 1. The largest absolute Gasteiger partial charge is 0.444 e. The van der Waals surface area contributed by atoms with E-state index in [0.29, 0.717) is 24.2 Å². The van der Waals surface area contributed by atoms with Crippen molar-refractivity contribution in [2.75, 3.05) is 0 Å². The quantitative estimate of drug-likeness (QED) is 0.712. The van der Waals surface area contributed by atoms with Gasteiger partial charge in [-0.1, -0.05) is 0 Å². The Morgan fingerprint density at radius 1 is 1.06 bits per heavy atom. The summed E-state index contributed by atoms with van der Waals surface area (Å²) in [7, 11) is 0. The van der Waals surface area contributed by atoms with Crippen molar-refractivity contribution in [2.45, 2.75) is 108 Å². The third-order valence-electron chi connectivity index (χ3n) is 8.42. The second-order valence-electron chi connectivity index (χ2n) is 12.3. The van der Waals surface area contributed by atoms with Crippen LogP contribution in [0.1, 0.15) is 79.1 Å². The molecule has 172 valence electrons. The Morgan fingerprint density at radius 3 is 2.26 bits per heavy atom. The molecule has 6 aliphatic rings. The maximum atomic E-state index is 14.0. The van der Waals surface area contributed by atoms with Gasteiger partial charge in [-0.3, -0.25) is 9.59 Å². The van der Waals surface area contributed by atoms with Crippen LogP contribution in [0.4, 0.5) is 4.79 Å². The Morgan fingerprint density at radius 2 is 1.71 bits per heavy atom. The summed E-state index contributed by atoms with van der Waals surface area (Å²) < 4.78 is 5.53. The smallest absolute Gasteiger partial charge is 0.408 e. The monoisotopic (exact) mass is 432 g/mol. The fourth-order valence-electron chi connectivity index (χ4n) is 7.81. The van der Waals surface area contributed by atoms with Crippen molar-refractivity contribution >= 4 is 17.8 Å². The molecular formula is C24H36N2O5. The molecule has 0 aromatic heterocycles. The lowest BCUT2D eigenvalue weighted by Gasteiger charge is -2.62. The predicted molar refractivity (Wildman–Crippen MR) is 113 cm³/mol. The van der Waals surface area contributed by atoms with Crippen molar-refractivity contribution < 1.29 is 24.2 Å². The molecule has 1 heterocycles. The second-order valence-corrected chi connectivity index (χ2v) is 12.3. The SMILES string of the molecule is CC(=O)C1C[C@@H]2C[C@@H]2N1C(=O)C(NC(=O)OC(C)(C)C)C12CC3CC(CC(O)(C3)C1)C2. The lowest BCUT2D eigenvalue weighted by molar-refractivity contribution is -0.181. The van der Waals surface area contributed by atoms with Crippen molar-refractivity contribution in [2.24, 2.45) is 23.2 Å². The minimum absolute atomic E-state index is 0.0145. The molecule has 0 spiro atoms. The van der Waals surface area contributed by atoms with Gasteiger partial charge in [0.2, 0.25) is 5.91 Å². The maximum absolute atomic E-state index is 14.0. The molecule has 6 atom stereocenters. The van der Waals surface area contributed by atoms with E-state index in [0.717, 1.165) is 44.9 Å². The Hall–Kier alpha value is -1.63. The Balaban J connectivity index is 1.47. The zero-order valence-electron chi connectivity index (χ0n) is 19.1. The van der Waals surface area contributed by atoms with Gasteiger partial charge in [-0.25, -0.2) is 4.79 Å². The molecule has 6 rings (SSSR count). The number of carbonyl (C=O) groups excluding carboxylic acids is 3. The highest BCUT2D eigenvalue weighted by molar-refractivity contribution is 5.93. The van der Waals surface area contributed by atoms with Crippen LogP contribution in [0.5, 0.6) is 0 Å². The summed E-state index contributed by atoms with van der Waals surface area (Å²) in [6.45, 7) is 6.97. The maximum Gasteiger partial charge on any atom is 0.408 e. The first-order valence-electron chi connectivity index (χ1n) is 11.9. The predicted octanol–water partition coefficient (Wildman–Crippen LogP) is 2.79. The van der Waals surface area contributed by atoms with E-state index in [1.165, 1.54) is 0 Å². The van der Waals surface area contributed by atoms with E-state index in [1.807, 2.05) is 0 Å². The highest BCUT2D eigenvalue weighted by Crippen LogP contribution is 2.63. The first-order chi connectivity index (χ1) is 14.4. The fourth-order valence-corrected chi connectivity index (χ4v) is 7.81. The summed E-state index contributed by atoms with van der Waals surface area (Å²) in [5.74, 6) is 1.04. The standard InChI is InChI=1S/C24H36N2O5/c1-13(27)17-6-16-7-18(16)26(17)20(28)19(25-21(29)31-22(2,3)4)23-8-14-5-15(9-23)11-24(30,10-14)12-23/h14-19,30H,5-12H2,1-4H3,(H,25,29)/t14?,15?,16-,17?,18+,19?,23?,24?/m1/s1. The number of nitrogens with one attached hydrogen (secondary N) is 1. The molecule has 7 nitrogen and oxygen atoms in total. The Kier molecular flexibility index (Phi) is 4.58. The van der Waals surface area contributed by atoms with E-state index in [-0.39, 0.29) is 17.7 Å². The molecule has 7 heteroatoms. The number of piperidine rings is 1. The number of amides is 2. The summed E-state index contributed by atoms with van der Waals surface area (Å²) in [4.78, 5) is 41.0. The molecule has 5 aliphatic carbocycles. The van der Waals surface area contributed by atoms with Gasteiger partial charge in [0.15, 0.2) is 5.78 Å². The van der Waals surface area contributed by atoms with Crippen molar-refractivity contribution in [1.82, 2.24) is 10.2 Å². The van der Waals surface area contributed by atoms with E-state index in [1.54, 1.807) is 32.6 Å². The molecule has 1 aliphatic heterocycles. The van der Waals surface area contributed by atoms with Crippen LogP contribution in [0.2, 0.25) is 0 Å². The number of carbonyl (C=O) groups is 3. The molecule has 6 fully saturated rings. The highest BCUT2D eigenvalue weighted by atomic mass is 16.6. The minimum atomic E-state index is -0.763. The summed E-state index contributed by atoms with van der Waals surface area (Å²) in [6, 6.07) is -1.04. The van der Waals surface area contributed by atoms with Gasteiger partial charge in [0, 0.05) is 11.5 Å². The van der Waals surface area contributed by atoms with Gasteiger partial charge in [0.1, 0.15) is 11.6 Å². The summed E-state index contributed by atoms with van der Waals surface area (Å²) in [6.07, 6.45) is 5.97. The third-order valence-corrected chi connectivity index (χ3v) is 8.42. The lowest BCUT2D eigenvalue weighted by atomic mass is 9.46. The number of hydrogen-bond acceptors (Lipinski definition) is 5. The van der Waals surface area contributed by atoms with Crippen LogP contribution in [-0.2, 0) is 14.3 Å². The number of fused-ring (bicyclic) bond motifs is 1. The number of ketones is 1. The van der Waals surface area contributed by atoms with E-state index in [2.05, 4.69) is 5.32 Å². The fraction of sp³-hybridized carbons (Fsp3) is 0.875. The van der Waals surface area contributed by atoms with Crippen molar-refractivity contribution in [3.8, 4) is 0 Å². The number of alkyl carbamates (subject to hydrolysis) is 1. The lowest BCUT2D eigenvalue weighted by Crippen LogP contribution is -2.67. The van der Waals surface area contributed by atoms with E-state index in [9.17, 15) is 19.5 Å². The molecule has 5 saturated carbocycles. The van der Waals surface area contributed by atoms with Gasteiger partial charge >= 0.3 is 6.09 Å². The van der Waals surface area contributed by atoms with Crippen molar-refractivity contribution in [3.63, 3.8) is 0 Å². The van der Waals surface area contributed by atoms with Crippen LogP contribution >= 0.6 is 0 Å². The highest BCUT2D eigenvalue weighted by Gasteiger charge is 2.64. The van der Waals surface area contributed by atoms with Crippen LogP contribution in [0.25, 0.3) is 0 Å². The first-order valence-corrected chi connectivity index (χ1v) is 11.9. The van der Waals surface area contributed by atoms with Crippen molar-refractivity contribution in [1.29, 1.82) is 0 Å². The van der Waals surface area contributed by atoms with Crippen LogP contribution < -0.4 is 5.32 Å². The molecule has 4 bridgehead atoms. The molecule has 0 radical (unpaired) electrons. The summed E-state index contributed by atoms with van der Waals surface area (Å²) in [5, 5.41) is 14.2. The van der Waals surface area contributed by atoms with Crippen LogP contribution in [-0.4, -0.2) is 57.1 Å². The third kappa shape index (κ3) is 3.66. The van der Waals surface area contributed by atoms with Gasteiger partial charge < -0.3 is 20.1 Å². The molecule has 2 N–H and O–H groups in total. The summed E-state index contributed by atoms with van der Waals surface area (Å²) >= 11 is 0. The normalized spacial score (nSPS) is 43.4. The van der Waals surface area contributed by atoms with Gasteiger partial charge in [-0.2, -0.15) is 0 Å². The number of aliphatic hydroxyl groups is 1. The van der Waals surface area contributed by atoms with Crippen LogP contribution in [0, 0.1) is 23.2 Å². The van der Waals surface area contributed by atoms with Crippen molar-refractivity contribution in [3.05, 3.63) is 0 Å². The number of rotatable bonds is 4. The van der Waals surface area contributed by atoms with Gasteiger partial charge in [0.05, 0.1) is 11.6 Å². The zero-order valence-corrected chi connectivity index (χ0v) is 19.1.